The minimum atomic E-state index is 0.0452. The molecule has 0 saturated carbocycles. The molecule has 1 aromatic carbocycles. The van der Waals surface area contributed by atoms with Gasteiger partial charge in [0, 0.05) is 51.2 Å². The summed E-state index contributed by atoms with van der Waals surface area (Å²) in [6, 6.07) is 9.77. The Morgan fingerprint density at radius 1 is 0.885 bits per heavy atom. The van der Waals surface area contributed by atoms with Gasteiger partial charge in [0.15, 0.2) is 0 Å². The average molecular weight is 353 g/mol. The highest BCUT2D eigenvalue weighted by Crippen LogP contribution is 2.14. The van der Waals surface area contributed by atoms with Crippen LogP contribution in [0.5, 0.6) is 0 Å². The van der Waals surface area contributed by atoms with Gasteiger partial charge >= 0.3 is 0 Å². The molecule has 1 aliphatic rings. The minimum absolute atomic E-state index is 0.0452. The molecule has 0 N–H and O–H groups in total. The van der Waals surface area contributed by atoms with Crippen LogP contribution in [0.4, 0.5) is 0 Å². The van der Waals surface area contributed by atoms with Crippen LogP contribution >= 0.6 is 0 Å². The lowest BCUT2D eigenvalue weighted by molar-refractivity contribution is 0.0719. The number of hydrogen-bond donors (Lipinski definition) is 0. The molecule has 138 valence electrons. The monoisotopic (exact) mass is 353 g/mol. The molecular weight excluding hydrogens is 326 g/mol. The van der Waals surface area contributed by atoms with Gasteiger partial charge in [-0.05, 0) is 36.6 Å². The molecule has 0 bridgehead atoms. The van der Waals surface area contributed by atoms with Crippen LogP contribution in [0, 0.1) is 0 Å². The summed E-state index contributed by atoms with van der Waals surface area (Å²) in [4.78, 5) is 29.1. The van der Waals surface area contributed by atoms with Gasteiger partial charge in [0.25, 0.3) is 11.8 Å². The van der Waals surface area contributed by atoms with Gasteiger partial charge in [-0.3, -0.25) is 9.59 Å². The van der Waals surface area contributed by atoms with Crippen LogP contribution in [0.1, 0.15) is 46.0 Å². The molecule has 3 rings (SSSR count). The molecule has 0 radical (unpaired) electrons. The third-order valence-corrected chi connectivity index (χ3v) is 4.89. The van der Waals surface area contributed by atoms with Gasteiger partial charge in [-0.15, -0.1) is 0 Å². The number of nitrogens with zero attached hydrogens (tertiary/aromatic N) is 3. The average Bonchev–Trinajstić information content (AvgIpc) is 2.93. The molecule has 5 heteroatoms. The van der Waals surface area contributed by atoms with Crippen molar-refractivity contribution in [2.45, 2.75) is 26.2 Å². The first kappa shape index (κ1) is 18.2. The summed E-state index contributed by atoms with van der Waals surface area (Å²) < 4.78 is 1.88. The van der Waals surface area contributed by atoms with Gasteiger partial charge in [0.1, 0.15) is 0 Å². The molecule has 2 aromatic rings. The van der Waals surface area contributed by atoms with Gasteiger partial charge in [-0.2, -0.15) is 0 Å². The van der Waals surface area contributed by atoms with Crippen LogP contribution in [-0.2, 0) is 13.5 Å². The van der Waals surface area contributed by atoms with E-state index in [-0.39, 0.29) is 11.8 Å². The van der Waals surface area contributed by atoms with E-state index in [2.05, 4.69) is 6.92 Å². The highest BCUT2D eigenvalue weighted by atomic mass is 16.2. The van der Waals surface area contributed by atoms with Crippen LogP contribution in [-0.4, -0.2) is 52.4 Å². The van der Waals surface area contributed by atoms with Crippen molar-refractivity contribution in [1.82, 2.24) is 14.4 Å². The van der Waals surface area contributed by atoms with E-state index in [4.69, 9.17) is 0 Å². The Morgan fingerprint density at radius 2 is 1.50 bits per heavy atom. The van der Waals surface area contributed by atoms with E-state index in [1.807, 2.05) is 64.1 Å². The predicted molar refractivity (Wildman–Crippen MR) is 102 cm³/mol. The number of benzene rings is 1. The maximum absolute atomic E-state index is 12.8. The third-order valence-electron chi connectivity index (χ3n) is 4.89. The van der Waals surface area contributed by atoms with Crippen molar-refractivity contribution >= 4 is 11.8 Å². The van der Waals surface area contributed by atoms with Crippen molar-refractivity contribution in [3.63, 3.8) is 0 Å². The largest absolute Gasteiger partial charge is 0.356 e. The van der Waals surface area contributed by atoms with Crippen LogP contribution in [0.15, 0.2) is 42.7 Å². The van der Waals surface area contributed by atoms with Crippen LogP contribution in [0.2, 0.25) is 0 Å². The molecule has 0 spiro atoms. The van der Waals surface area contributed by atoms with E-state index in [1.54, 1.807) is 0 Å². The van der Waals surface area contributed by atoms with Gasteiger partial charge in [-0.25, -0.2) is 0 Å². The van der Waals surface area contributed by atoms with E-state index in [0.29, 0.717) is 31.7 Å². The molecule has 2 amide bonds. The minimum Gasteiger partial charge on any atom is -0.356 e. The van der Waals surface area contributed by atoms with E-state index in [1.165, 1.54) is 5.56 Å². The highest BCUT2D eigenvalue weighted by molar-refractivity contribution is 5.95. The first-order valence-corrected chi connectivity index (χ1v) is 9.38. The normalized spacial score (nSPS) is 15.0. The van der Waals surface area contributed by atoms with Gasteiger partial charge in [-0.1, -0.05) is 25.5 Å². The molecule has 0 aliphatic carbocycles. The summed E-state index contributed by atoms with van der Waals surface area (Å²) in [5.41, 5.74) is 2.70. The zero-order chi connectivity index (χ0) is 18.5. The van der Waals surface area contributed by atoms with Crippen LogP contribution < -0.4 is 0 Å². The summed E-state index contributed by atoms with van der Waals surface area (Å²) in [5.74, 6) is 0.103. The van der Waals surface area contributed by atoms with Crippen molar-refractivity contribution in [3.05, 3.63) is 59.4 Å². The standard InChI is InChI=1S/C21H27N3O2/c1-3-5-17-6-8-18(9-7-17)20(25)23-11-4-12-24(15-14-23)21(26)19-10-13-22(2)16-19/h6-10,13,16H,3-5,11-12,14-15H2,1-2H3. The van der Waals surface area contributed by atoms with Crippen molar-refractivity contribution in [1.29, 1.82) is 0 Å². The van der Waals surface area contributed by atoms with E-state index in [9.17, 15) is 9.59 Å². The summed E-state index contributed by atoms with van der Waals surface area (Å²) in [7, 11) is 1.91. The van der Waals surface area contributed by atoms with Gasteiger partial charge in [0.2, 0.25) is 0 Å². The quantitative estimate of drug-likeness (QED) is 0.848. The second-order valence-electron chi connectivity index (χ2n) is 6.95. The topological polar surface area (TPSA) is 45.6 Å². The fourth-order valence-corrected chi connectivity index (χ4v) is 3.42. The van der Waals surface area contributed by atoms with E-state index >= 15 is 0 Å². The first-order chi connectivity index (χ1) is 12.6. The van der Waals surface area contributed by atoms with E-state index in [0.717, 1.165) is 24.8 Å². The molecule has 2 heterocycles. The zero-order valence-electron chi connectivity index (χ0n) is 15.6. The number of aryl methyl sites for hydroxylation is 2. The predicted octanol–water partition coefficient (Wildman–Crippen LogP) is 2.97. The van der Waals surface area contributed by atoms with Crippen molar-refractivity contribution in [2.24, 2.45) is 7.05 Å². The smallest absolute Gasteiger partial charge is 0.255 e. The van der Waals surface area contributed by atoms with E-state index < -0.39 is 0 Å². The molecule has 1 aromatic heterocycles. The maximum atomic E-state index is 12.8. The lowest BCUT2D eigenvalue weighted by Crippen LogP contribution is -2.37. The second kappa shape index (κ2) is 8.21. The molecule has 1 fully saturated rings. The maximum Gasteiger partial charge on any atom is 0.255 e. The second-order valence-corrected chi connectivity index (χ2v) is 6.95. The fourth-order valence-electron chi connectivity index (χ4n) is 3.42. The Morgan fingerprint density at radius 3 is 2.04 bits per heavy atom. The lowest BCUT2D eigenvalue weighted by atomic mass is 10.1. The first-order valence-electron chi connectivity index (χ1n) is 9.38. The summed E-state index contributed by atoms with van der Waals surface area (Å²) in [6.07, 6.45) is 6.66. The molecule has 0 atom stereocenters. The van der Waals surface area contributed by atoms with Crippen molar-refractivity contribution < 1.29 is 9.59 Å². The Hall–Kier alpha value is -2.56. The number of carbonyl (C=O) groups is 2. The molecule has 5 nitrogen and oxygen atoms in total. The van der Waals surface area contributed by atoms with Gasteiger partial charge in [0.05, 0.1) is 5.56 Å². The number of amides is 2. The third kappa shape index (κ3) is 4.15. The Labute approximate surface area is 155 Å². The number of carbonyl (C=O) groups excluding carboxylic acids is 2. The lowest BCUT2D eigenvalue weighted by Gasteiger charge is -2.22. The summed E-state index contributed by atoms with van der Waals surface area (Å²) in [6.45, 7) is 4.68. The molecule has 26 heavy (non-hydrogen) atoms. The molecule has 1 aliphatic heterocycles. The van der Waals surface area contributed by atoms with Crippen molar-refractivity contribution in [2.75, 3.05) is 26.2 Å². The Balaban J connectivity index is 1.62. The van der Waals surface area contributed by atoms with Gasteiger partial charge < -0.3 is 14.4 Å². The Bertz CT molecular complexity index is 764. The number of rotatable bonds is 4. The molecule has 0 unspecified atom stereocenters. The summed E-state index contributed by atoms with van der Waals surface area (Å²) in [5, 5.41) is 0. The summed E-state index contributed by atoms with van der Waals surface area (Å²) >= 11 is 0. The van der Waals surface area contributed by atoms with Crippen molar-refractivity contribution in [3.8, 4) is 0 Å². The molecule has 1 saturated heterocycles. The fraction of sp³-hybridized carbons (Fsp3) is 0.429. The zero-order valence-corrected chi connectivity index (χ0v) is 15.6. The highest BCUT2D eigenvalue weighted by Gasteiger charge is 2.23. The number of aromatic nitrogens is 1. The molecular formula is C21H27N3O2. The van der Waals surface area contributed by atoms with Crippen LogP contribution in [0.25, 0.3) is 0 Å². The number of hydrogen-bond acceptors (Lipinski definition) is 2. The van der Waals surface area contributed by atoms with Crippen LogP contribution in [0.3, 0.4) is 0 Å². The SMILES string of the molecule is CCCc1ccc(C(=O)N2CCCN(C(=O)c3ccn(C)c3)CC2)cc1. The Kier molecular flexibility index (Phi) is 5.76.